The summed E-state index contributed by atoms with van der Waals surface area (Å²) in [6.45, 7) is 5.65. The van der Waals surface area contributed by atoms with Crippen molar-refractivity contribution in [1.29, 1.82) is 0 Å². The number of rotatable bonds is 7. The normalized spacial score (nSPS) is 14.9. The van der Waals surface area contributed by atoms with Gasteiger partial charge in [0, 0.05) is 41.6 Å². The Labute approximate surface area is 216 Å². The number of aromatic amines is 1. The SMILES string of the molecule is C=CC(=O)Nc1cc(N(C)C)ccc1-c1n[nH]c2c1CCC(c1c(Cl)c(CC)cc(OC)c1Cl)C2. The number of nitrogens with zero attached hydrogens (tertiary/aromatic N) is 2. The van der Waals surface area contributed by atoms with Crippen LogP contribution in [0.25, 0.3) is 11.3 Å². The number of fused-ring (bicyclic) bond motifs is 1. The Morgan fingerprint density at radius 1 is 1.31 bits per heavy atom. The molecule has 0 fully saturated rings. The summed E-state index contributed by atoms with van der Waals surface area (Å²) in [4.78, 5) is 14.1. The van der Waals surface area contributed by atoms with Gasteiger partial charge in [-0.15, -0.1) is 0 Å². The minimum atomic E-state index is -0.263. The maximum atomic E-state index is 12.1. The summed E-state index contributed by atoms with van der Waals surface area (Å²) in [6.07, 6.45) is 4.49. The molecule has 8 heteroatoms. The zero-order chi connectivity index (χ0) is 25.3. The number of carbonyl (C=O) groups is 1. The molecule has 1 heterocycles. The van der Waals surface area contributed by atoms with Crippen molar-refractivity contribution in [3.63, 3.8) is 0 Å². The lowest BCUT2D eigenvalue weighted by Gasteiger charge is -2.26. The summed E-state index contributed by atoms with van der Waals surface area (Å²) in [7, 11) is 5.55. The van der Waals surface area contributed by atoms with E-state index in [4.69, 9.17) is 27.9 Å². The molecule has 35 heavy (non-hydrogen) atoms. The predicted molar refractivity (Wildman–Crippen MR) is 144 cm³/mol. The third-order valence-electron chi connectivity index (χ3n) is 6.65. The van der Waals surface area contributed by atoms with Gasteiger partial charge in [-0.3, -0.25) is 9.89 Å². The van der Waals surface area contributed by atoms with Crippen LogP contribution in [0.5, 0.6) is 5.75 Å². The first kappa shape index (κ1) is 25.1. The fraction of sp³-hybridized carbons (Fsp3) is 0.333. The largest absolute Gasteiger partial charge is 0.495 e. The van der Waals surface area contributed by atoms with Crippen molar-refractivity contribution in [2.24, 2.45) is 0 Å². The summed E-state index contributed by atoms with van der Waals surface area (Å²) in [5, 5.41) is 12.2. The first-order valence-electron chi connectivity index (χ1n) is 11.6. The second-order valence-corrected chi connectivity index (χ2v) is 9.68. The minimum absolute atomic E-state index is 0.146. The number of aromatic nitrogens is 2. The van der Waals surface area contributed by atoms with Gasteiger partial charge in [-0.05, 0) is 73.1 Å². The van der Waals surface area contributed by atoms with Gasteiger partial charge in [-0.25, -0.2) is 0 Å². The molecule has 0 aliphatic heterocycles. The number of nitrogens with one attached hydrogen (secondary N) is 2. The van der Waals surface area contributed by atoms with Gasteiger partial charge < -0.3 is 15.0 Å². The van der Waals surface area contributed by atoms with Crippen LogP contribution in [-0.2, 0) is 24.1 Å². The van der Waals surface area contributed by atoms with Crippen LogP contribution >= 0.6 is 23.2 Å². The van der Waals surface area contributed by atoms with Crippen LogP contribution in [0.1, 0.15) is 41.6 Å². The van der Waals surface area contributed by atoms with Crippen LogP contribution in [0.4, 0.5) is 11.4 Å². The van der Waals surface area contributed by atoms with E-state index >= 15 is 0 Å². The molecule has 1 atom stereocenters. The van der Waals surface area contributed by atoms with E-state index in [0.29, 0.717) is 16.5 Å². The molecule has 0 radical (unpaired) electrons. The van der Waals surface area contributed by atoms with E-state index in [9.17, 15) is 4.79 Å². The molecule has 1 unspecified atom stereocenters. The average molecular weight is 513 g/mol. The molecule has 1 aliphatic carbocycles. The van der Waals surface area contributed by atoms with Gasteiger partial charge in [0.2, 0.25) is 5.91 Å². The highest BCUT2D eigenvalue weighted by Crippen LogP contribution is 2.46. The molecule has 2 aromatic carbocycles. The number of H-pyrrole nitrogens is 1. The first-order valence-corrected chi connectivity index (χ1v) is 12.4. The van der Waals surface area contributed by atoms with Crippen LogP contribution in [-0.4, -0.2) is 37.3 Å². The lowest BCUT2D eigenvalue weighted by Crippen LogP contribution is -2.15. The summed E-state index contributed by atoms with van der Waals surface area (Å²) in [5.74, 6) is 0.538. The van der Waals surface area contributed by atoms with E-state index in [0.717, 1.165) is 70.0 Å². The smallest absolute Gasteiger partial charge is 0.247 e. The Morgan fingerprint density at radius 2 is 2.09 bits per heavy atom. The van der Waals surface area contributed by atoms with Crippen molar-refractivity contribution < 1.29 is 9.53 Å². The Bertz CT molecular complexity index is 1250. The molecular formula is C27H30Cl2N4O2. The number of ether oxygens (including phenoxy) is 1. The number of amides is 1. The second-order valence-electron chi connectivity index (χ2n) is 8.92. The molecule has 0 saturated carbocycles. The molecule has 3 aromatic rings. The van der Waals surface area contributed by atoms with Crippen molar-refractivity contribution in [1.82, 2.24) is 10.2 Å². The molecule has 2 N–H and O–H groups in total. The minimum Gasteiger partial charge on any atom is -0.495 e. The summed E-state index contributed by atoms with van der Waals surface area (Å²) in [5.41, 5.74) is 7.58. The third kappa shape index (κ3) is 4.78. The van der Waals surface area contributed by atoms with E-state index in [2.05, 4.69) is 29.0 Å². The predicted octanol–water partition coefficient (Wildman–Crippen LogP) is 6.42. The molecule has 1 aliphatic rings. The molecule has 184 valence electrons. The van der Waals surface area contributed by atoms with Crippen LogP contribution in [0, 0.1) is 0 Å². The fourth-order valence-electron chi connectivity index (χ4n) is 4.73. The molecule has 6 nitrogen and oxygen atoms in total. The number of aryl methyl sites for hydroxylation is 1. The Morgan fingerprint density at radius 3 is 2.74 bits per heavy atom. The van der Waals surface area contributed by atoms with Crippen molar-refractivity contribution >= 4 is 40.5 Å². The molecule has 1 aromatic heterocycles. The Kier molecular flexibility index (Phi) is 7.43. The topological polar surface area (TPSA) is 70.2 Å². The highest BCUT2D eigenvalue weighted by molar-refractivity contribution is 6.37. The van der Waals surface area contributed by atoms with E-state index in [1.807, 2.05) is 43.3 Å². The molecule has 0 bridgehead atoms. The first-order chi connectivity index (χ1) is 16.8. The van der Waals surface area contributed by atoms with Crippen LogP contribution < -0.4 is 15.0 Å². The number of carbonyl (C=O) groups excluding carboxylic acids is 1. The molecule has 0 spiro atoms. The van der Waals surface area contributed by atoms with Crippen molar-refractivity contribution in [2.75, 3.05) is 31.4 Å². The maximum absolute atomic E-state index is 12.1. The quantitative estimate of drug-likeness (QED) is 0.358. The number of halogens is 2. The van der Waals surface area contributed by atoms with Gasteiger partial charge in [-0.1, -0.05) is 36.7 Å². The monoisotopic (exact) mass is 512 g/mol. The number of benzene rings is 2. The zero-order valence-corrected chi connectivity index (χ0v) is 22.0. The highest BCUT2D eigenvalue weighted by atomic mass is 35.5. The number of hydrogen-bond donors (Lipinski definition) is 2. The Balaban J connectivity index is 1.72. The zero-order valence-electron chi connectivity index (χ0n) is 20.5. The summed E-state index contributed by atoms with van der Waals surface area (Å²) in [6, 6.07) is 7.90. The third-order valence-corrected chi connectivity index (χ3v) is 7.49. The molecule has 4 rings (SSSR count). The van der Waals surface area contributed by atoms with Crippen LogP contribution in [0.2, 0.25) is 10.0 Å². The van der Waals surface area contributed by atoms with Crippen molar-refractivity contribution in [2.45, 2.75) is 38.5 Å². The fourth-order valence-corrected chi connectivity index (χ4v) is 5.60. The second kappa shape index (κ2) is 10.3. The molecule has 1 amide bonds. The highest BCUT2D eigenvalue weighted by Gasteiger charge is 2.30. The van der Waals surface area contributed by atoms with E-state index < -0.39 is 0 Å². The van der Waals surface area contributed by atoms with E-state index in [1.54, 1.807) is 7.11 Å². The van der Waals surface area contributed by atoms with Gasteiger partial charge in [0.1, 0.15) is 5.75 Å². The van der Waals surface area contributed by atoms with Crippen molar-refractivity contribution in [3.05, 3.63) is 69.3 Å². The van der Waals surface area contributed by atoms with Gasteiger partial charge in [-0.2, -0.15) is 5.10 Å². The lowest BCUT2D eigenvalue weighted by molar-refractivity contribution is -0.111. The van der Waals surface area contributed by atoms with E-state index in [-0.39, 0.29) is 11.8 Å². The molecule has 0 saturated heterocycles. The Hall–Kier alpha value is -2.96. The molecular weight excluding hydrogens is 483 g/mol. The number of anilines is 2. The lowest BCUT2D eigenvalue weighted by atomic mass is 9.81. The standard InChI is InChI=1S/C27H30Cl2N4O2/c1-6-15-13-22(35-5)26(29)24(25(15)28)16-8-10-19-21(12-16)31-32-27(19)18-11-9-17(33(3)4)14-20(18)30-23(34)7-2/h7,9,11,13-14,16H,2,6,8,10,12H2,1,3-5H3,(H,30,34)(H,31,32). The number of hydrogen-bond acceptors (Lipinski definition) is 4. The van der Waals surface area contributed by atoms with Crippen molar-refractivity contribution in [3.8, 4) is 17.0 Å². The maximum Gasteiger partial charge on any atom is 0.247 e. The summed E-state index contributed by atoms with van der Waals surface area (Å²) < 4.78 is 5.53. The average Bonchev–Trinajstić information content (AvgIpc) is 3.27. The number of methoxy groups -OCH3 is 1. The van der Waals surface area contributed by atoms with Crippen LogP contribution in [0.15, 0.2) is 36.9 Å². The van der Waals surface area contributed by atoms with Gasteiger partial charge in [0.25, 0.3) is 0 Å². The van der Waals surface area contributed by atoms with Gasteiger partial charge in [0.15, 0.2) is 0 Å². The van der Waals surface area contributed by atoms with Gasteiger partial charge in [0.05, 0.1) is 23.5 Å². The van der Waals surface area contributed by atoms with Crippen LogP contribution in [0.3, 0.4) is 0 Å². The van der Waals surface area contributed by atoms with E-state index in [1.165, 1.54) is 6.08 Å². The summed E-state index contributed by atoms with van der Waals surface area (Å²) >= 11 is 13.6. The van der Waals surface area contributed by atoms with Gasteiger partial charge >= 0.3 is 0 Å².